The molecular weight excluding hydrogens is 471 g/mol. The molecule has 0 bridgehead atoms. The van der Waals surface area contributed by atoms with Crippen molar-refractivity contribution >= 4 is 17.8 Å². The van der Waals surface area contributed by atoms with Crippen LogP contribution in [0.3, 0.4) is 0 Å². The molecule has 3 atom stereocenters. The van der Waals surface area contributed by atoms with Crippen molar-refractivity contribution in [3.05, 3.63) is 58.7 Å². The van der Waals surface area contributed by atoms with Crippen LogP contribution in [0.2, 0.25) is 0 Å². The van der Waals surface area contributed by atoms with Crippen LogP contribution in [0.5, 0.6) is 0 Å². The van der Waals surface area contributed by atoms with Crippen LogP contribution in [0.25, 0.3) is 0 Å². The van der Waals surface area contributed by atoms with Crippen molar-refractivity contribution < 1.29 is 4.39 Å². The third-order valence-electron chi connectivity index (χ3n) is 8.36. The molecule has 3 aliphatic rings. The van der Waals surface area contributed by atoms with Crippen molar-refractivity contribution in [1.29, 1.82) is 0 Å². The van der Waals surface area contributed by atoms with E-state index in [1.54, 1.807) is 12.3 Å². The Morgan fingerprint density at radius 1 is 1.28 bits per heavy atom. The Balaban J connectivity index is 1.19. The van der Waals surface area contributed by atoms with E-state index in [4.69, 9.17) is 11.6 Å². The molecule has 4 nitrogen and oxygen atoms in total. The van der Waals surface area contributed by atoms with Gasteiger partial charge in [-0.1, -0.05) is 37.2 Å². The van der Waals surface area contributed by atoms with Crippen molar-refractivity contribution in [2.75, 3.05) is 39.9 Å². The van der Waals surface area contributed by atoms with Gasteiger partial charge >= 0.3 is 0 Å². The van der Waals surface area contributed by atoms with Gasteiger partial charge in [0.1, 0.15) is 5.82 Å². The van der Waals surface area contributed by atoms with Gasteiger partial charge in [-0.2, -0.15) is 0 Å². The maximum absolute atomic E-state index is 14.8. The van der Waals surface area contributed by atoms with Crippen molar-refractivity contribution in [2.45, 2.75) is 58.3 Å². The van der Waals surface area contributed by atoms with Crippen molar-refractivity contribution in [1.82, 2.24) is 15.1 Å². The number of likely N-dealkylation sites (tertiary alicyclic amines) is 1. The molecule has 0 amide bonds. The molecule has 1 aliphatic carbocycles. The van der Waals surface area contributed by atoms with E-state index in [0.717, 1.165) is 92.6 Å². The molecule has 2 fully saturated rings. The number of benzene rings is 1. The molecule has 1 N–H and O–H groups in total. The summed E-state index contributed by atoms with van der Waals surface area (Å²) in [6, 6.07) is 5.85. The maximum atomic E-state index is 14.8. The van der Waals surface area contributed by atoms with E-state index in [9.17, 15) is 4.39 Å². The van der Waals surface area contributed by atoms with Gasteiger partial charge in [0.15, 0.2) is 0 Å². The summed E-state index contributed by atoms with van der Waals surface area (Å²) in [6.45, 7) is 11.3. The SMILES string of the molecule is C=C(Cc1ccc(CCCC2CC2C2CCN=C/C(Cl)=C\N(C)CNCC2)cc1F)N1CC(CC)C1. The van der Waals surface area contributed by atoms with Gasteiger partial charge in [0.2, 0.25) is 0 Å². The third-order valence-corrected chi connectivity index (χ3v) is 8.55. The molecular formula is C30H44ClFN4. The summed E-state index contributed by atoms with van der Waals surface area (Å²) < 4.78 is 14.8. The normalized spacial score (nSPS) is 27.0. The summed E-state index contributed by atoms with van der Waals surface area (Å²) in [6.07, 6.45) is 12.5. The van der Waals surface area contributed by atoms with E-state index < -0.39 is 0 Å². The zero-order valence-electron chi connectivity index (χ0n) is 22.2. The van der Waals surface area contributed by atoms with Gasteiger partial charge in [-0.05, 0) is 92.4 Å². The van der Waals surface area contributed by atoms with Crippen LogP contribution in [0.15, 0.2) is 46.7 Å². The molecule has 1 saturated heterocycles. The predicted molar refractivity (Wildman–Crippen MR) is 150 cm³/mol. The number of aryl methyl sites for hydroxylation is 1. The minimum absolute atomic E-state index is 0.0765. The summed E-state index contributed by atoms with van der Waals surface area (Å²) in [5, 5.41) is 4.22. The number of nitrogens with one attached hydrogen (secondary N) is 1. The van der Waals surface area contributed by atoms with Crippen LogP contribution < -0.4 is 5.32 Å². The average molecular weight is 515 g/mol. The van der Waals surface area contributed by atoms with E-state index in [2.05, 4.69) is 39.7 Å². The van der Waals surface area contributed by atoms with Gasteiger partial charge < -0.3 is 9.80 Å². The summed E-state index contributed by atoms with van der Waals surface area (Å²) in [5.74, 6) is 3.05. The first kappa shape index (κ1) is 27.2. The zero-order chi connectivity index (χ0) is 25.5. The summed E-state index contributed by atoms with van der Waals surface area (Å²) in [5.41, 5.74) is 2.94. The first-order chi connectivity index (χ1) is 17.4. The number of aliphatic imine (C=N–C) groups is 1. The number of hydrogen-bond donors (Lipinski definition) is 1. The van der Waals surface area contributed by atoms with E-state index in [0.29, 0.717) is 11.5 Å². The molecule has 36 heavy (non-hydrogen) atoms. The Hall–Kier alpha value is -1.85. The molecule has 2 aliphatic heterocycles. The van der Waals surface area contributed by atoms with Crippen LogP contribution in [0.4, 0.5) is 4.39 Å². The molecule has 3 unspecified atom stereocenters. The van der Waals surface area contributed by atoms with E-state index in [1.165, 1.54) is 25.7 Å². The molecule has 1 aromatic rings. The Morgan fingerprint density at radius 2 is 2.11 bits per heavy atom. The number of allylic oxidation sites excluding steroid dienone is 2. The van der Waals surface area contributed by atoms with Crippen LogP contribution in [-0.2, 0) is 12.8 Å². The lowest BCUT2D eigenvalue weighted by atomic mass is 9.93. The molecule has 0 aromatic heterocycles. The van der Waals surface area contributed by atoms with E-state index in [-0.39, 0.29) is 5.82 Å². The number of nitrogens with zero attached hydrogens (tertiary/aromatic N) is 3. The number of rotatable bonds is 9. The summed E-state index contributed by atoms with van der Waals surface area (Å²) in [4.78, 5) is 8.90. The highest BCUT2D eigenvalue weighted by atomic mass is 35.5. The molecule has 1 saturated carbocycles. The lowest BCUT2D eigenvalue weighted by Gasteiger charge is -2.42. The second-order valence-corrected chi connectivity index (χ2v) is 11.6. The first-order valence-electron chi connectivity index (χ1n) is 13.9. The molecule has 0 spiro atoms. The Bertz CT molecular complexity index is 939. The molecule has 0 radical (unpaired) electrons. The van der Waals surface area contributed by atoms with Crippen LogP contribution in [0, 0.1) is 29.5 Å². The zero-order valence-corrected chi connectivity index (χ0v) is 22.9. The van der Waals surface area contributed by atoms with Gasteiger partial charge in [-0.25, -0.2) is 4.39 Å². The summed E-state index contributed by atoms with van der Waals surface area (Å²) in [7, 11) is 2.02. The van der Waals surface area contributed by atoms with Crippen molar-refractivity contribution in [2.24, 2.45) is 28.7 Å². The molecule has 2 heterocycles. The number of halogens is 2. The van der Waals surface area contributed by atoms with Crippen LogP contribution >= 0.6 is 11.6 Å². The predicted octanol–water partition coefficient (Wildman–Crippen LogP) is 6.22. The van der Waals surface area contributed by atoms with Gasteiger partial charge in [-0.15, -0.1) is 0 Å². The maximum Gasteiger partial charge on any atom is 0.127 e. The highest BCUT2D eigenvalue weighted by Gasteiger charge is 2.41. The second kappa shape index (κ2) is 13.1. The quantitative estimate of drug-likeness (QED) is 0.424. The number of hydrogen-bond acceptors (Lipinski definition) is 4. The average Bonchev–Trinajstić information content (AvgIpc) is 3.57. The molecule has 4 rings (SSSR count). The van der Waals surface area contributed by atoms with Crippen LogP contribution in [0.1, 0.15) is 56.6 Å². The minimum Gasteiger partial charge on any atom is -0.374 e. The standard InChI is InChI=1S/C30H44ClFN4/c1-4-23-18-36(19-23)22(2)14-27-9-8-24(15-30(27)32)6-5-7-26-16-29(26)25-10-12-33-17-28(31)20-35(3)21-34-13-11-25/h8-9,15,17,20,23,25-26,29,34H,2,4-7,10-14,16,18-19,21H2,1,3H3/b28-20+,33-17?. The van der Waals surface area contributed by atoms with Crippen LogP contribution in [-0.4, -0.2) is 55.9 Å². The Morgan fingerprint density at radius 3 is 2.89 bits per heavy atom. The second-order valence-electron chi connectivity index (χ2n) is 11.2. The lowest BCUT2D eigenvalue weighted by molar-refractivity contribution is 0.137. The Labute approximate surface area is 222 Å². The van der Waals surface area contributed by atoms with E-state index in [1.807, 2.05) is 19.3 Å². The summed E-state index contributed by atoms with van der Waals surface area (Å²) >= 11 is 6.23. The highest BCUT2D eigenvalue weighted by molar-refractivity contribution is 6.39. The monoisotopic (exact) mass is 514 g/mol. The lowest BCUT2D eigenvalue weighted by Crippen LogP contribution is -2.45. The molecule has 1 aromatic carbocycles. The van der Waals surface area contributed by atoms with Crippen molar-refractivity contribution in [3.63, 3.8) is 0 Å². The fourth-order valence-electron chi connectivity index (χ4n) is 5.85. The van der Waals surface area contributed by atoms with Gasteiger partial charge in [0.25, 0.3) is 0 Å². The van der Waals surface area contributed by atoms with Gasteiger partial charge in [0, 0.05) is 51.2 Å². The topological polar surface area (TPSA) is 30.9 Å². The fourth-order valence-corrected chi connectivity index (χ4v) is 6.09. The third kappa shape index (κ3) is 7.82. The highest BCUT2D eigenvalue weighted by Crippen LogP contribution is 2.49. The molecule has 6 heteroatoms. The van der Waals surface area contributed by atoms with Gasteiger partial charge in [0.05, 0.1) is 11.7 Å². The minimum atomic E-state index is -0.0765. The largest absolute Gasteiger partial charge is 0.374 e. The fraction of sp³-hybridized carbons (Fsp3) is 0.633. The smallest absolute Gasteiger partial charge is 0.127 e. The molecule has 198 valence electrons. The Kier molecular flexibility index (Phi) is 9.89. The van der Waals surface area contributed by atoms with Crippen molar-refractivity contribution in [3.8, 4) is 0 Å². The first-order valence-corrected chi connectivity index (χ1v) is 14.3. The van der Waals surface area contributed by atoms with E-state index >= 15 is 0 Å². The van der Waals surface area contributed by atoms with Gasteiger partial charge in [-0.3, -0.25) is 10.3 Å².